The Morgan fingerprint density at radius 2 is 1.96 bits per heavy atom. The van der Waals surface area contributed by atoms with Gasteiger partial charge < -0.3 is 19.1 Å². The van der Waals surface area contributed by atoms with Crippen molar-refractivity contribution < 1.29 is 36.9 Å². The number of benzene rings is 2. The maximum atomic E-state index is 15.2. The summed E-state index contributed by atoms with van der Waals surface area (Å²) >= 11 is 7.57. The van der Waals surface area contributed by atoms with Crippen LogP contribution in [0.5, 0.6) is 5.88 Å². The first-order chi connectivity index (χ1) is 22.1. The van der Waals surface area contributed by atoms with Crippen LogP contribution in [-0.2, 0) is 23.7 Å². The van der Waals surface area contributed by atoms with Crippen LogP contribution < -0.4 is 4.74 Å². The number of carboxylic acid groups (broad SMARTS) is 1. The lowest BCUT2D eigenvalue weighted by Crippen LogP contribution is -2.27. The first-order valence-electron chi connectivity index (χ1n) is 14.6. The molecule has 3 aromatic heterocycles. The van der Waals surface area contributed by atoms with Crippen LogP contribution in [0.25, 0.3) is 22.3 Å². The molecule has 0 spiro atoms. The first kappa shape index (κ1) is 32.9. The van der Waals surface area contributed by atoms with Crippen molar-refractivity contribution in [2.45, 2.75) is 52.7 Å². The highest BCUT2D eigenvalue weighted by Gasteiger charge is 2.39. The fraction of sp³-hybridized carbons (Fsp3) is 0.333. The van der Waals surface area contributed by atoms with Crippen molar-refractivity contribution in [1.82, 2.24) is 19.5 Å². The van der Waals surface area contributed by atoms with Crippen molar-refractivity contribution >= 4 is 39.9 Å². The van der Waals surface area contributed by atoms with E-state index in [0.29, 0.717) is 46.4 Å². The number of fused-ring (bicyclic) bond motifs is 1. The van der Waals surface area contributed by atoms with E-state index in [1.54, 1.807) is 6.07 Å². The molecular weight excluding hydrogens is 660 g/mol. The predicted octanol–water partition coefficient (Wildman–Crippen LogP) is 8.37. The van der Waals surface area contributed by atoms with Crippen molar-refractivity contribution in [2.75, 3.05) is 13.2 Å². The van der Waals surface area contributed by atoms with Gasteiger partial charge in [-0.1, -0.05) is 31.5 Å². The molecule has 6 rings (SSSR count). The Labute approximate surface area is 276 Å². The number of aryl methyl sites for hydroxylation is 1. The average Bonchev–Trinajstić information content (AvgIpc) is 3.71. The number of rotatable bonds is 9. The molecule has 1 aliphatic heterocycles. The average molecular weight is 689 g/mol. The van der Waals surface area contributed by atoms with Gasteiger partial charge in [0.25, 0.3) is 11.8 Å². The molecule has 0 aliphatic carbocycles. The molecule has 2 aromatic carbocycles. The van der Waals surface area contributed by atoms with Gasteiger partial charge in [0.05, 0.1) is 40.9 Å². The summed E-state index contributed by atoms with van der Waals surface area (Å²) in [6.45, 7) is 7.20. The minimum Gasteiger partial charge on any atom is -0.478 e. The van der Waals surface area contributed by atoms with E-state index in [1.165, 1.54) is 18.2 Å². The molecule has 246 valence electrons. The minimum atomic E-state index is -3.05. The number of hydrogen-bond donors (Lipinski definition) is 1. The monoisotopic (exact) mass is 688 g/mol. The standard InChI is InChI=1S/C33H29ClF4N4O4S/c1-16-7-17(10-27-41-29-22(36)8-18(31(43)44)9-24(29)42(27)25-13-45-15-32(25,2)3)20(34)11-19(16)23-6-5-21(35)30(40-23)46-14-28-39-12-26(47-28)33(4,37)38/h5-9,11-12,25H,10,13-15H2,1-4H3,(H,43,44)/t25-/m1/s1. The largest absolute Gasteiger partial charge is 0.478 e. The highest BCUT2D eigenvalue weighted by Crippen LogP contribution is 2.41. The molecule has 4 heterocycles. The molecule has 1 aliphatic rings. The van der Waals surface area contributed by atoms with E-state index in [1.807, 2.05) is 31.4 Å². The number of carboxylic acids is 1. The Morgan fingerprint density at radius 1 is 1.19 bits per heavy atom. The lowest BCUT2D eigenvalue weighted by atomic mass is 9.87. The second kappa shape index (κ2) is 12.2. The Bertz CT molecular complexity index is 2020. The first-order valence-corrected chi connectivity index (χ1v) is 15.7. The zero-order valence-electron chi connectivity index (χ0n) is 25.7. The molecule has 0 amide bonds. The van der Waals surface area contributed by atoms with Crippen LogP contribution in [0.3, 0.4) is 0 Å². The van der Waals surface area contributed by atoms with Gasteiger partial charge in [-0.25, -0.2) is 37.3 Å². The van der Waals surface area contributed by atoms with Gasteiger partial charge in [0, 0.05) is 35.5 Å². The van der Waals surface area contributed by atoms with Crippen LogP contribution in [0.1, 0.15) is 64.0 Å². The normalized spacial score (nSPS) is 16.2. The SMILES string of the molecule is Cc1cc(Cc2nc3c(F)cc(C(=O)O)cc3n2[C@@H]2COCC2(C)C)c(Cl)cc1-c1ccc(F)c(OCc2ncc(C(C)(F)F)s2)n1. The molecule has 14 heteroatoms. The Balaban J connectivity index is 1.33. The number of ether oxygens (including phenoxy) is 2. The molecule has 0 unspecified atom stereocenters. The summed E-state index contributed by atoms with van der Waals surface area (Å²) in [7, 11) is 0. The van der Waals surface area contributed by atoms with Crippen molar-refractivity contribution in [3.05, 3.63) is 91.7 Å². The molecule has 1 atom stereocenters. The number of thiazole rings is 1. The highest BCUT2D eigenvalue weighted by molar-refractivity contribution is 7.11. The molecule has 1 N–H and O–H groups in total. The van der Waals surface area contributed by atoms with Crippen LogP contribution in [0.4, 0.5) is 17.6 Å². The lowest BCUT2D eigenvalue weighted by Gasteiger charge is -2.28. The molecule has 0 radical (unpaired) electrons. The van der Waals surface area contributed by atoms with E-state index < -0.39 is 23.5 Å². The van der Waals surface area contributed by atoms with Gasteiger partial charge in [-0.3, -0.25) is 0 Å². The maximum Gasteiger partial charge on any atom is 0.335 e. The van der Waals surface area contributed by atoms with Crippen LogP contribution in [-0.4, -0.2) is 43.8 Å². The third-order valence-corrected chi connectivity index (χ3v) is 9.68. The van der Waals surface area contributed by atoms with Gasteiger partial charge in [0.15, 0.2) is 11.6 Å². The van der Waals surface area contributed by atoms with Gasteiger partial charge in [0.2, 0.25) is 0 Å². The fourth-order valence-electron chi connectivity index (χ4n) is 5.68. The smallest absolute Gasteiger partial charge is 0.335 e. The summed E-state index contributed by atoms with van der Waals surface area (Å²) in [6, 6.07) is 8.33. The van der Waals surface area contributed by atoms with E-state index >= 15 is 4.39 Å². The van der Waals surface area contributed by atoms with E-state index in [-0.39, 0.29) is 51.3 Å². The van der Waals surface area contributed by atoms with E-state index in [0.717, 1.165) is 36.1 Å². The molecule has 5 aromatic rings. The molecule has 1 saturated heterocycles. The highest BCUT2D eigenvalue weighted by atomic mass is 35.5. The molecule has 1 fully saturated rings. The number of aromatic nitrogens is 4. The second-order valence-electron chi connectivity index (χ2n) is 12.3. The van der Waals surface area contributed by atoms with Gasteiger partial charge >= 0.3 is 5.97 Å². The maximum absolute atomic E-state index is 15.2. The minimum absolute atomic E-state index is 0.0533. The zero-order valence-corrected chi connectivity index (χ0v) is 27.3. The predicted molar refractivity (Wildman–Crippen MR) is 168 cm³/mol. The summed E-state index contributed by atoms with van der Waals surface area (Å²) in [5, 5.41) is 10.2. The van der Waals surface area contributed by atoms with Crippen LogP contribution >= 0.6 is 22.9 Å². The topological polar surface area (TPSA) is 99.4 Å². The van der Waals surface area contributed by atoms with Gasteiger partial charge in [-0.15, -0.1) is 11.3 Å². The lowest BCUT2D eigenvalue weighted by molar-refractivity contribution is 0.0213. The fourth-order valence-corrected chi connectivity index (χ4v) is 6.68. The third-order valence-electron chi connectivity index (χ3n) is 8.18. The molecule has 8 nitrogen and oxygen atoms in total. The Kier molecular flexibility index (Phi) is 8.52. The van der Waals surface area contributed by atoms with Crippen molar-refractivity contribution in [3.8, 4) is 17.1 Å². The van der Waals surface area contributed by atoms with E-state index in [2.05, 4.69) is 15.0 Å². The number of aromatic carboxylic acids is 1. The van der Waals surface area contributed by atoms with Crippen LogP contribution in [0, 0.1) is 24.0 Å². The van der Waals surface area contributed by atoms with Gasteiger partial charge in [-0.2, -0.15) is 0 Å². The second-order valence-corrected chi connectivity index (χ2v) is 13.8. The number of imidazole rings is 1. The summed E-state index contributed by atoms with van der Waals surface area (Å²) in [4.78, 5) is 24.4. The van der Waals surface area contributed by atoms with E-state index in [9.17, 15) is 23.1 Å². The number of nitrogens with zero attached hydrogens (tertiary/aromatic N) is 4. The summed E-state index contributed by atoms with van der Waals surface area (Å²) in [5.74, 6) is -5.61. The zero-order chi connectivity index (χ0) is 33.8. The van der Waals surface area contributed by atoms with Crippen LogP contribution in [0.15, 0.2) is 42.6 Å². The van der Waals surface area contributed by atoms with Crippen molar-refractivity contribution in [3.63, 3.8) is 0 Å². The van der Waals surface area contributed by atoms with Crippen molar-refractivity contribution in [2.24, 2.45) is 5.41 Å². The molecule has 47 heavy (non-hydrogen) atoms. The van der Waals surface area contributed by atoms with Gasteiger partial charge in [-0.05, 0) is 48.4 Å². The number of carbonyl (C=O) groups is 1. The van der Waals surface area contributed by atoms with Crippen molar-refractivity contribution in [1.29, 1.82) is 0 Å². The summed E-state index contributed by atoms with van der Waals surface area (Å²) < 4.78 is 70.2. The summed E-state index contributed by atoms with van der Waals surface area (Å²) in [5.41, 5.74) is 2.25. The Morgan fingerprint density at radius 3 is 2.62 bits per heavy atom. The number of pyridine rings is 1. The number of alkyl halides is 2. The summed E-state index contributed by atoms with van der Waals surface area (Å²) in [6.07, 6.45) is 1.26. The Hall–Kier alpha value is -4.07. The van der Waals surface area contributed by atoms with E-state index in [4.69, 9.17) is 21.1 Å². The molecule has 0 saturated carbocycles. The van der Waals surface area contributed by atoms with Crippen LogP contribution in [0.2, 0.25) is 5.02 Å². The van der Waals surface area contributed by atoms with Gasteiger partial charge in [0.1, 0.15) is 23.0 Å². The quantitative estimate of drug-likeness (QED) is 0.155. The third kappa shape index (κ3) is 6.43. The molecular formula is C33H29ClF4N4O4S. The molecule has 0 bridgehead atoms. The number of halogens is 5. The number of hydrogen-bond acceptors (Lipinski definition) is 7.